The van der Waals surface area contributed by atoms with Crippen molar-refractivity contribution in [3.8, 4) is 11.8 Å². The van der Waals surface area contributed by atoms with Gasteiger partial charge in [0.1, 0.15) is 12.4 Å². The minimum absolute atomic E-state index is 0.197. The first-order chi connectivity index (χ1) is 8.16. The second-order valence-corrected chi connectivity index (χ2v) is 3.33. The van der Waals surface area contributed by atoms with E-state index < -0.39 is 12.0 Å². The highest BCUT2D eigenvalue weighted by Gasteiger charge is 2.26. The maximum absolute atomic E-state index is 12.6. The molecule has 0 bridgehead atoms. The Hall–Kier alpha value is -2.35. The SMILES string of the molecule is O=C(C#Cc1ccc(F)cc1)N1CCOC1=O. The number of halogens is 1. The van der Waals surface area contributed by atoms with Gasteiger partial charge in [-0.05, 0) is 24.3 Å². The van der Waals surface area contributed by atoms with Crippen LogP contribution < -0.4 is 0 Å². The van der Waals surface area contributed by atoms with E-state index in [2.05, 4.69) is 16.6 Å². The lowest BCUT2D eigenvalue weighted by atomic mass is 10.2. The fourth-order valence-electron chi connectivity index (χ4n) is 1.30. The Morgan fingerprint density at radius 2 is 2.06 bits per heavy atom. The van der Waals surface area contributed by atoms with E-state index >= 15 is 0 Å². The van der Waals surface area contributed by atoms with E-state index in [-0.39, 0.29) is 19.0 Å². The van der Waals surface area contributed by atoms with Crippen molar-refractivity contribution in [2.75, 3.05) is 13.2 Å². The zero-order chi connectivity index (χ0) is 12.3. The van der Waals surface area contributed by atoms with Gasteiger partial charge in [0.25, 0.3) is 0 Å². The Balaban J connectivity index is 2.08. The molecule has 1 fully saturated rings. The Kier molecular flexibility index (Phi) is 3.06. The molecule has 17 heavy (non-hydrogen) atoms. The van der Waals surface area contributed by atoms with Crippen LogP contribution in [0.1, 0.15) is 5.56 Å². The molecule has 1 aromatic carbocycles. The van der Waals surface area contributed by atoms with Crippen LogP contribution >= 0.6 is 0 Å². The number of hydrogen-bond donors (Lipinski definition) is 0. The first-order valence-corrected chi connectivity index (χ1v) is 4.92. The highest BCUT2D eigenvalue weighted by molar-refractivity contribution is 6.03. The van der Waals surface area contributed by atoms with Crippen LogP contribution in [0, 0.1) is 17.7 Å². The molecule has 86 valence electrons. The summed E-state index contributed by atoms with van der Waals surface area (Å²) in [5.74, 6) is 3.87. The van der Waals surface area contributed by atoms with Gasteiger partial charge in [0.2, 0.25) is 0 Å². The Morgan fingerprint density at radius 3 is 2.65 bits per heavy atom. The molecule has 0 aromatic heterocycles. The minimum Gasteiger partial charge on any atom is -0.447 e. The molecule has 1 heterocycles. The lowest BCUT2D eigenvalue weighted by Gasteiger charge is -2.03. The van der Waals surface area contributed by atoms with E-state index in [4.69, 9.17) is 0 Å². The lowest BCUT2D eigenvalue weighted by Crippen LogP contribution is -2.30. The van der Waals surface area contributed by atoms with Crippen molar-refractivity contribution in [3.63, 3.8) is 0 Å². The van der Waals surface area contributed by atoms with Crippen molar-refractivity contribution in [1.82, 2.24) is 4.90 Å². The van der Waals surface area contributed by atoms with Crippen molar-refractivity contribution in [2.45, 2.75) is 0 Å². The molecule has 1 aromatic rings. The summed E-state index contributed by atoms with van der Waals surface area (Å²) in [5.41, 5.74) is 0.507. The van der Waals surface area contributed by atoms with Crippen molar-refractivity contribution in [3.05, 3.63) is 35.6 Å². The average molecular weight is 233 g/mol. The van der Waals surface area contributed by atoms with E-state index in [1.165, 1.54) is 24.3 Å². The molecule has 1 saturated heterocycles. The maximum Gasteiger partial charge on any atom is 0.417 e. The van der Waals surface area contributed by atoms with Gasteiger partial charge < -0.3 is 4.74 Å². The second kappa shape index (κ2) is 4.66. The number of carbonyl (C=O) groups is 2. The lowest BCUT2D eigenvalue weighted by molar-refractivity contribution is -0.121. The molecule has 0 saturated carbocycles. The molecule has 2 amide bonds. The summed E-state index contributed by atoms with van der Waals surface area (Å²) in [6.07, 6.45) is -0.677. The number of carbonyl (C=O) groups excluding carboxylic acids is 2. The molecule has 0 unspecified atom stereocenters. The van der Waals surface area contributed by atoms with Crippen LogP contribution in [0.15, 0.2) is 24.3 Å². The van der Waals surface area contributed by atoms with Gasteiger partial charge >= 0.3 is 12.0 Å². The Labute approximate surface area is 97.0 Å². The molecule has 0 atom stereocenters. The van der Waals surface area contributed by atoms with Crippen molar-refractivity contribution >= 4 is 12.0 Å². The van der Waals surface area contributed by atoms with Gasteiger partial charge in [0.05, 0.1) is 6.54 Å². The van der Waals surface area contributed by atoms with Crippen LogP contribution in [-0.4, -0.2) is 30.1 Å². The standard InChI is InChI=1S/C12H8FNO3/c13-10-4-1-9(2-5-10)3-6-11(15)14-7-8-17-12(14)16/h1-2,4-5H,7-8H2. The normalized spacial score (nSPS) is 13.9. The summed E-state index contributed by atoms with van der Waals surface area (Å²) in [4.78, 5) is 23.4. The van der Waals surface area contributed by atoms with Crippen LogP contribution in [0.5, 0.6) is 0 Å². The van der Waals surface area contributed by atoms with Gasteiger partial charge in [-0.15, -0.1) is 0 Å². The molecule has 0 spiro atoms. The number of amides is 2. The largest absolute Gasteiger partial charge is 0.447 e. The van der Waals surface area contributed by atoms with E-state index in [1.807, 2.05) is 0 Å². The fourth-order valence-corrected chi connectivity index (χ4v) is 1.30. The van der Waals surface area contributed by atoms with Gasteiger partial charge in [0.15, 0.2) is 0 Å². The van der Waals surface area contributed by atoms with Crippen LogP contribution in [0.4, 0.5) is 9.18 Å². The summed E-state index contributed by atoms with van der Waals surface area (Å²) in [5, 5.41) is 0. The highest BCUT2D eigenvalue weighted by Crippen LogP contribution is 2.04. The Bertz CT molecular complexity index is 513. The third-order valence-electron chi connectivity index (χ3n) is 2.16. The maximum atomic E-state index is 12.6. The summed E-state index contributed by atoms with van der Waals surface area (Å²) < 4.78 is 17.2. The van der Waals surface area contributed by atoms with E-state index in [9.17, 15) is 14.0 Å². The topological polar surface area (TPSA) is 46.6 Å². The third kappa shape index (κ3) is 2.61. The molecule has 1 aliphatic rings. The number of cyclic esters (lactones) is 1. The molecule has 0 aliphatic carbocycles. The predicted octanol–water partition coefficient (Wildman–Crippen LogP) is 1.16. The third-order valence-corrected chi connectivity index (χ3v) is 2.16. The first kappa shape index (κ1) is 11.1. The summed E-state index contributed by atoms with van der Waals surface area (Å²) in [6.45, 7) is 0.415. The van der Waals surface area contributed by atoms with Gasteiger partial charge in [-0.1, -0.05) is 5.92 Å². The highest BCUT2D eigenvalue weighted by atomic mass is 19.1. The number of nitrogens with zero attached hydrogens (tertiary/aromatic N) is 1. The van der Waals surface area contributed by atoms with Crippen LogP contribution in [-0.2, 0) is 9.53 Å². The summed E-state index contributed by atoms with van der Waals surface area (Å²) in [7, 11) is 0. The van der Waals surface area contributed by atoms with Crippen LogP contribution in [0.2, 0.25) is 0 Å². The van der Waals surface area contributed by atoms with E-state index in [0.29, 0.717) is 5.56 Å². The van der Waals surface area contributed by atoms with Gasteiger partial charge in [-0.3, -0.25) is 4.79 Å². The molecule has 0 radical (unpaired) electrons. The summed E-state index contributed by atoms with van der Waals surface area (Å²) >= 11 is 0. The fraction of sp³-hybridized carbons (Fsp3) is 0.167. The minimum atomic E-state index is -0.677. The Morgan fingerprint density at radius 1 is 1.35 bits per heavy atom. The molecule has 2 rings (SSSR count). The number of imide groups is 1. The van der Waals surface area contributed by atoms with Crippen molar-refractivity contribution in [2.24, 2.45) is 0 Å². The monoisotopic (exact) mass is 233 g/mol. The van der Waals surface area contributed by atoms with E-state index in [1.54, 1.807) is 0 Å². The number of benzene rings is 1. The molecule has 1 aliphatic heterocycles. The molecule has 0 N–H and O–H groups in total. The first-order valence-electron chi connectivity index (χ1n) is 4.92. The van der Waals surface area contributed by atoms with Crippen LogP contribution in [0.25, 0.3) is 0 Å². The molecular formula is C12H8FNO3. The zero-order valence-electron chi connectivity index (χ0n) is 8.77. The smallest absolute Gasteiger partial charge is 0.417 e. The quantitative estimate of drug-likeness (QED) is 0.631. The predicted molar refractivity (Wildman–Crippen MR) is 56.3 cm³/mol. The molecule has 4 nitrogen and oxygen atoms in total. The molecular weight excluding hydrogens is 225 g/mol. The number of rotatable bonds is 0. The van der Waals surface area contributed by atoms with Gasteiger partial charge in [-0.2, -0.15) is 0 Å². The average Bonchev–Trinajstić information content (AvgIpc) is 2.74. The van der Waals surface area contributed by atoms with Crippen LogP contribution in [0.3, 0.4) is 0 Å². The van der Waals surface area contributed by atoms with E-state index in [0.717, 1.165) is 4.90 Å². The number of ether oxygens (including phenoxy) is 1. The van der Waals surface area contributed by atoms with Crippen molar-refractivity contribution < 1.29 is 18.7 Å². The van der Waals surface area contributed by atoms with Gasteiger partial charge in [0, 0.05) is 11.5 Å². The second-order valence-electron chi connectivity index (χ2n) is 3.33. The summed E-state index contributed by atoms with van der Waals surface area (Å²) in [6, 6.07) is 5.41. The van der Waals surface area contributed by atoms with Crippen molar-refractivity contribution in [1.29, 1.82) is 0 Å². The molecule has 5 heteroatoms. The zero-order valence-corrected chi connectivity index (χ0v) is 8.77. The van der Waals surface area contributed by atoms with Gasteiger partial charge in [-0.25, -0.2) is 14.1 Å². The number of hydrogen-bond acceptors (Lipinski definition) is 3.